The number of carbonyl (C=O) groups excluding carboxylic acids is 1. The van der Waals surface area contributed by atoms with Crippen molar-refractivity contribution in [3.63, 3.8) is 0 Å². The molecule has 2 heterocycles. The van der Waals surface area contributed by atoms with Crippen LogP contribution in [0.15, 0.2) is 46.5 Å². The molecule has 0 saturated carbocycles. The zero-order chi connectivity index (χ0) is 18.8. The molecule has 26 heavy (non-hydrogen) atoms. The number of thioether (sulfide) groups is 1. The molecule has 0 fully saturated rings. The van der Waals surface area contributed by atoms with Crippen LogP contribution in [0.1, 0.15) is 24.0 Å². The van der Waals surface area contributed by atoms with Gasteiger partial charge in [0, 0.05) is 11.6 Å². The monoisotopic (exact) mass is 375 g/mol. The first-order chi connectivity index (χ1) is 12.5. The summed E-state index contributed by atoms with van der Waals surface area (Å²) in [6.45, 7) is 5.87. The van der Waals surface area contributed by atoms with E-state index in [0.29, 0.717) is 27.8 Å². The molecule has 0 radical (unpaired) electrons. The number of nitrogens with zero attached hydrogens (tertiary/aromatic N) is 1. The van der Waals surface area contributed by atoms with E-state index in [4.69, 9.17) is 4.74 Å². The lowest BCUT2D eigenvalue weighted by Crippen LogP contribution is -2.37. The molecule has 3 rings (SSSR count). The van der Waals surface area contributed by atoms with Gasteiger partial charge in [-0.1, -0.05) is 37.4 Å². The molecule has 0 bridgehead atoms. The minimum atomic E-state index is -0.828. The van der Waals surface area contributed by atoms with E-state index in [-0.39, 0.29) is 5.56 Å². The van der Waals surface area contributed by atoms with Gasteiger partial charge in [0.1, 0.15) is 17.6 Å². The Kier molecular flexibility index (Phi) is 5.13. The third kappa shape index (κ3) is 3.24. The van der Waals surface area contributed by atoms with Crippen LogP contribution in [0, 0.1) is 11.7 Å². The minimum absolute atomic E-state index is 0.305. The molecule has 0 spiro atoms. The number of nitrogens with one attached hydrogen (secondary N) is 2. The first kappa shape index (κ1) is 18.2. The van der Waals surface area contributed by atoms with Crippen LogP contribution in [0.25, 0.3) is 0 Å². The highest BCUT2D eigenvalue weighted by Gasteiger charge is 2.41. The van der Waals surface area contributed by atoms with Crippen LogP contribution in [0.3, 0.4) is 0 Å². The van der Waals surface area contributed by atoms with Crippen molar-refractivity contribution in [2.75, 3.05) is 18.2 Å². The number of halogens is 1. The fourth-order valence-electron chi connectivity index (χ4n) is 3.08. The van der Waals surface area contributed by atoms with Crippen LogP contribution < -0.4 is 10.9 Å². The SMILES string of the molecule is C=C1Nc2nc(SCC)[nH]c(=O)c2[C@H](c2ccc(F)cc2)[C@H]1C(=O)OC. The number of hydrogen-bond acceptors (Lipinski definition) is 6. The van der Waals surface area contributed by atoms with Gasteiger partial charge in [-0.2, -0.15) is 0 Å². The van der Waals surface area contributed by atoms with Gasteiger partial charge < -0.3 is 15.0 Å². The number of aromatic amines is 1. The molecule has 1 aromatic carbocycles. The Morgan fingerprint density at radius 1 is 1.38 bits per heavy atom. The number of esters is 1. The molecule has 136 valence electrons. The fourth-order valence-corrected chi connectivity index (χ4v) is 3.68. The van der Waals surface area contributed by atoms with Crippen LogP contribution in [0.4, 0.5) is 10.2 Å². The van der Waals surface area contributed by atoms with Gasteiger partial charge in [0.25, 0.3) is 5.56 Å². The highest BCUT2D eigenvalue weighted by Crippen LogP contribution is 2.42. The molecule has 2 N–H and O–H groups in total. The number of carbonyl (C=O) groups is 1. The summed E-state index contributed by atoms with van der Waals surface area (Å²) in [4.78, 5) is 32.3. The summed E-state index contributed by atoms with van der Waals surface area (Å²) in [5.74, 6) is -1.35. The Morgan fingerprint density at radius 2 is 2.08 bits per heavy atom. The van der Waals surface area contributed by atoms with E-state index in [0.717, 1.165) is 5.75 Å². The number of ether oxygens (including phenoxy) is 1. The normalized spacial score (nSPS) is 18.8. The summed E-state index contributed by atoms with van der Waals surface area (Å²) in [6.07, 6.45) is 0. The topological polar surface area (TPSA) is 84.1 Å². The molecule has 0 amide bonds. The van der Waals surface area contributed by atoms with E-state index in [1.165, 1.54) is 31.0 Å². The van der Waals surface area contributed by atoms with Gasteiger partial charge in [0.2, 0.25) is 0 Å². The smallest absolute Gasteiger partial charge is 0.315 e. The lowest BCUT2D eigenvalue weighted by atomic mass is 9.77. The summed E-state index contributed by atoms with van der Waals surface area (Å²) >= 11 is 1.40. The van der Waals surface area contributed by atoms with Gasteiger partial charge in [0.05, 0.1) is 12.7 Å². The predicted octanol–water partition coefficient (Wildman–Crippen LogP) is 2.88. The summed E-state index contributed by atoms with van der Waals surface area (Å²) in [7, 11) is 1.27. The molecule has 2 atom stereocenters. The van der Waals surface area contributed by atoms with Crippen molar-refractivity contribution >= 4 is 23.5 Å². The van der Waals surface area contributed by atoms with E-state index in [2.05, 4.69) is 21.9 Å². The average molecular weight is 375 g/mol. The van der Waals surface area contributed by atoms with Crippen LogP contribution in [-0.4, -0.2) is 28.8 Å². The van der Waals surface area contributed by atoms with Crippen molar-refractivity contribution < 1.29 is 13.9 Å². The van der Waals surface area contributed by atoms with E-state index in [9.17, 15) is 14.0 Å². The fraction of sp³-hybridized carbons (Fsp3) is 0.278. The summed E-state index contributed by atoms with van der Waals surface area (Å²) in [5, 5.41) is 3.44. The van der Waals surface area contributed by atoms with Crippen molar-refractivity contribution in [2.45, 2.75) is 18.0 Å². The van der Waals surface area contributed by atoms with Gasteiger partial charge >= 0.3 is 5.97 Å². The molecule has 0 unspecified atom stereocenters. The van der Waals surface area contributed by atoms with Crippen LogP contribution in [-0.2, 0) is 9.53 Å². The second-order valence-electron chi connectivity index (χ2n) is 5.75. The van der Waals surface area contributed by atoms with Crippen molar-refractivity contribution in [2.24, 2.45) is 5.92 Å². The highest BCUT2D eigenvalue weighted by atomic mass is 32.2. The molecule has 0 aliphatic carbocycles. The van der Waals surface area contributed by atoms with Gasteiger partial charge in [-0.3, -0.25) is 9.59 Å². The van der Waals surface area contributed by atoms with E-state index >= 15 is 0 Å². The van der Waals surface area contributed by atoms with Crippen molar-refractivity contribution in [3.05, 3.63) is 63.8 Å². The zero-order valence-corrected chi connectivity index (χ0v) is 15.2. The second-order valence-corrected chi connectivity index (χ2v) is 7.00. The number of benzene rings is 1. The molecule has 1 aromatic heterocycles. The summed E-state index contributed by atoms with van der Waals surface area (Å²) in [5.41, 5.74) is 0.937. The molecular weight excluding hydrogens is 357 g/mol. The molecular formula is C18H18FN3O3S. The number of aromatic nitrogens is 2. The van der Waals surface area contributed by atoms with Gasteiger partial charge in [0.15, 0.2) is 5.16 Å². The van der Waals surface area contributed by atoms with Gasteiger partial charge in [-0.25, -0.2) is 9.37 Å². The number of H-pyrrole nitrogens is 1. The Bertz CT molecular complexity index is 911. The average Bonchev–Trinajstić information content (AvgIpc) is 2.61. The zero-order valence-electron chi connectivity index (χ0n) is 14.3. The third-order valence-corrected chi connectivity index (χ3v) is 4.95. The quantitative estimate of drug-likeness (QED) is 0.486. The number of fused-ring (bicyclic) bond motifs is 1. The Hall–Kier alpha value is -2.61. The maximum absolute atomic E-state index is 13.4. The van der Waals surface area contributed by atoms with E-state index < -0.39 is 23.6 Å². The summed E-state index contributed by atoms with van der Waals surface area (Å²) in [6, 6.07) is 5.67. The standard InChI is InChI=1S/C18H18FN3O3S/c1-4-26-18-21-15-14(16(23)22-18)13(10-5-7-11(19)8-6-10)12(9(2)20-15)17(24)25-3/h5-8,12-13H,2,4H2,1,3H3,(H2,20,21,22,23)/t12-,13+/m0/s1. The largest absolute Gasteiger partial charge is 0.468 e. The first-order valence-electron chi connectivity index (χ1n) is 8.02. The minimum Gasteiger partial charge on any atom is -0.468 e. The van der Waals surface area contributed by atoms with E-state index in [1.54, 1.807) is 12.1 Å². The molecule has 1 aliphatic rings. The molecule has 6 nitrogen and oxygen atoms in total. The van der Waals surface area contributed by atoms with Crippen LogP contribution in [0.2, 0.25) is 0 Å². The molecule has 2 aromatic rings. The van der Waals surface area contributed by atoms with Crippen LogP contribution >= 0.6 is 11.8 Å². The Balaban J connectivity index is 2.22. The molecule has 8 heteroatoms. The highest BCUT2D eigenvalue weighted by molar-refractivity contribution is 7.99. The number of hydrogen-bond donors (Lipinski definition) is 2. The van der Waals surface area contributed by atoms with Gasteiger partial charge in [-0.05, 0) is 23.4 Å². The van der Waals surface area contributed by atoms with Crippen molar-refractivity contribution in [3.8, 4) is 0 Å². The number of anilines is 1. The van der Waals surface area contributed by atoms with Crippen molar-refractivity contribution in [1.29, 1.82) is 0 Å². The van der Waals surface area contributed by atoms with Gasteiger partial charge in [-0.15, -0.1) is 0 Å². The summed E-state index contributed by atoms with van der Waals surface area (Å²) < 4.78 is 18.3. The van der Waals surface area contributed by atoms with E-state index in [1.807, 2.05) is 6.92 Å². The lowest BCUT2D eigenvalue weighted by molar-refractivity contribution is -0.144. The second kappa shape index (κ2) is 7.33. The maximum atomic E-state index is 13.4. The first-order valence-corrected chi connectivity index (χ1v) is 9.01. The Labute approximate surface area is 153 Å². The van der Waals surface area contributed by atoms with Crippen molar-refractivity contribution in [1.82, 2.24) is 9.97 Å². The number of methoxy groups -OCH3 is 1. The number of rotatable bonds is 4. The molecule has 0 saturated heterocycles. The van der Waals surface area contributed by atoms with Crippen LogP contribution in [0.5, 0.6) is 0 Å². The molecule has 1 aliphatic heterocycles. The maximum Gasteiger partial charge on any atom is 0.315 e. The predicted molar refractivity (Wildman–Crippen MR) is 97.8 cm³/mol. The Morgan fingerprint density at radius 3 is 2.69 bits per heavy atom. The lowest BCUT2D eigenvalue weighted by Gasteiger charge is -2.33. The third-order valence-electron chi connectivity index (χ3n) is 4.20.